The van der Waals surface area contributed by atoms with Gasteiger partial charge in [-0.2, -0.15) is 0 Å². The van der Waals surface area contributed by atoms with Gasteiger partial charge in [0.2, 0.25) is 0 Å². The number of hydrogen-bond donors (Lipinski definition) is 0. The summed E-state index contributed by atoms with van der Waals surface area (Å²) < 4.78 is 6.07. The van der Waals surface area contributed by atoms with Crippen LogP contribution in [0.25, 0.3) is 0 Å². The van der Waals surface area contributed by atoms with Crippen molar-refractivity contribution in [3.05, 3.63) is 29.3 Å². The SMILES string of the molecule is Cc1ccc(C(C)C)c(OCC2(CBr)CC2)c1. The Morgan fingerprint density at radius 1 is 1.35 bits per heavy atom. The molecule has 1 nitrogen and oxygen atoms in total. The van der Waals surface area contributed by atoms with Crippen LogP contribution in [0.4, 0.5) is 0 Å². The minimum atomic E-state index is 0.415. The first kappa shape index (κ1) is 12.9. The maximum Gasteiger partial charge on any atom is 0.123 e. The van der Waals surface area contributed by atoms with Gasteiger partial charge in [-0.3, -0.25) is 0 Å². The molecule has 1 saturated carbocycles. The molecule has 0 amide bonds. The Hall–Kier alpha value is -0.500. The van der Waals surface area contributed by atoms with Crippen molar-refractivity contribution in [1.29, 1.82) is 0 Å². The van der Waals surface area contributed by atoms with Gasteiger partial charge in [0.15, 0.2) is 0 Å². The summed E-state index contributed by atoms with van der Waals surface area (Å²) in [5.41, 5.74) is 3.01. The lowest BCUT2D eigenvalue weighted by Crippen LogP contribution is -2.15. The highest BCUT2D eigenvalue weighted by molar-refractivity contribution is 9.09. The Labute approximate surface area is 113 Å². The summed E-state index contributed by atoms with van der Waals surface area (Å²) in [7, 11) is 0. The van der Waals surface area contributed by atoms with E-state index in [0.717, 1.165) is 17.7 Å². The normalized spacial score (nSPS) is 17.2. The number of aryl methyl sites for hydroxylation is 1. The second-order valence-electron chi connectivity index (χ2n) is 5.62. The zero-order valence-corrected chi connectivity index (χ0v) is 12.5. The molecule has 1 fully saturated rings. The smallest absolute Gasteiger partial charge is 0.123 e. The minimum Gasteiger partial charge on any atom is -0.493 e. The molecule has 0 atom stereocenters. The van der Waals surface area contributed by atoms with Crippen LogP contribution in [0.1, 0.15) is 43.7 Å². The molecule has 0 unspecified atom stereocenters. The van der Waals surface area contributed by atoms with E-state index in [9.17, 15) is 0 Å². The monoisotopic (exact) mass is 296 g/mol. The summed E-state index contributed by atoms with van der Waals surface area (Å²) in [5, 5.41) is 1.06. The molecule has 0 saturated heterocycles. The molecule has 2 heteroatoms. The summed E-state index contributed by atoms with van der Waals surface area (Å²) in [6, 6.07) is 6.53. The van der Waals surface area contributed by atoms with Gasteiger partial charge in [0.05, 0.1) is 6.61 Å². The minimum absolute atomic E-state index is 0.415. The van der Waals surface area contributed by atoms with Crippen molar-refractivity contribution in [3.8, 4) is 5.75 Å². The molecule has 0 bridgehead atoms. The fourth-order valence-electron chi connectivity index (χ4n) is 1.97. The van der Waals surface area contributed by atoms with E-state index < -0.39 is 0 Å². The van der Waals surface area contributed by atoms with Gasteiger partial charge in [0, 0.05) is 10.7 Å². The molecular formula is C15H21BrO. The first-order chi connectivity index (χ1) is 8.06. The average Bonchev–Trinajstić information content (AvgIpc) is 3.07. The van der Waals surface area contributed by atoms with E-state index in [1.807, 2.05) is 0 Å². The third-order valence-corrected chi connectivity index (χ3v) is 4.76. The number of halogens is 1. The topological polar surface area (TPSA) is 9.23 Å². The van der Waals surface area contributed by atoms with Crippen molar-refractivity contribution in [2.24, 2.45) is 5.41 Å². The predicted molar refractivity (Wildman–Crippen MR) is 76.2 cm³/mol. The first-order valence-electron chi connectivity index (χ1n) is 6.36. The van der Waals surface area contributed by atoms with Crippen LogP contribution in [0, 0.1) is 12.3 Å². The van der Waals surface area contributed by atoms with Gasteiger partial charge < -0.3 is 4.74 Å². The Bertz CT molecular complexity index is 394. The lowest BCUT2D eigenvalue weighted by molar-refractivity contribution is 0.248. The van der Waals surface area contributed by atoms with Crippen LogP contribution in [-0.2, 0) is 0 Å². The van der Waals surface area contributed by atoms with Gasteiger partial charge in [-0.05, 0) is 42.9 Å². The highest BCUT2D eigenvalue weighted by atomic mass is 79.9. The molecule has 94 valence electrons. The van der Waals surface area contributed by atoms with E-state index in [4.69, 9.17) is 4.74 Å². The third-order valence-electron chi connectivity index (χ3n) is 3.57. The third kappa shape index (κ3) is 3.04. The van der Waals surface area contributed by atoms with Crippen LogP contribution in [0.2, 0.25) is 0 Å². The maximum atomic E-state index is 6.07. The molecule has 0 heterocycles. The zero-order valence-electron chi connectivity index (χ0n) is 10.9. The molecule has 17 heavy (non-hydrogen) atoms. The maximum absolute atomic E-state index is 6.07. The number of rotatable bonds is 5. The first-order valence-corrected chi connectivity index (χ1v) is 7.48. The van der Waals surface area contributed by atoms with Crippen LogP contribution in [0.5, 0.6) is 5.75 Å². The highest BCUT2D eigenvalue weighted by Gasteiger charge is 2.42. The second-order valence-corrected chi connectivity index (χ2v) is 6.18. The molecule has 1 aromatic rings. The fourth-order valence-corrected chi connectivity index (χ4v) is 2.69. The van der Waals surface area contributed by atoms with Gasteiger partial charge in [-0.15, -0.1) is 0 Å². The molecule has 0 spiro atoms. The molecular weight excluding hydrogens is 276 g/mol. The van der Waals surface area contributed by atoms with Crippen molar-refractivity contribution in [2.75, 3.05) is 11.9 Å². The van der Waals surface area contributed by atoms with Crippen molar-refractivity contribution < 1.29 is 4.74 Å². The van der Waals surface area contributed by atoms with Gasteiger partial charge in [-0.25, -0.2) is 0 Å². The molecule has 1 aromatic carbocycles. The van der Waals surface area contributed by atoms with E-state index in [-0.39, 0.29) is 0 Å². The second kappa shape index (κ2) is 5.01. The lowest BCUT2D eigenvalue weighted by Gasteiger charge is -2.18. The van der Waals surface area contributed by atoms with Crippen LogP contribution in [0.3, 0.4) is 0 Å². The van der Waals surface area contributed by atoms with Crippen LogP contribution in [0.15, 0.2) is 18.2 Å². The van der Waals surface area contributed by atoms with Crippen molar-refractivity contribution >= 4 is 15.9 Å². The van der Waals surface area contributed by atoms with Crippen molar-refractivity contribution in [1.82, 2.24) is 0 Å². The number of ether oxygens (including phenoxy) is 1. The predicted octanol–water partition coefficient (Wildman–Crippen LogP) is 4.67. The van der Waals surface area contributed by atoms with Gasteiger partial charge >= 0.3 is 0 Å². The quantitative estimate of drug-likeness (QED) is 0.717. The van der Waals surface area contributed by atoms with Crippen molar-refractivity contribution in [2.45, 2.75) is 39.5 Å². The standard InChI is InChI=1S/C15H21BrO/c1-11(2)13-5-4-12(3)8-14(13)17-10-15(9-16)6-7-15/h4-5,8,11H,6-7,9-10H2,1-3H3. The molecule has 1 aliphatic carbocycles. The van der Waals surface area contributed by atoms with Crippen LogP contribution < -0.4 is 4.74 Å². The van der Waals surface area contributed by atoms with E-state index in [1.54, 1.807) is 0 Å². The van der Waals surface area contributed by atoms with Crippen molar-refractivity contribution in [3.63, 3.8) is 0 Å². The van der Waals surface area contributed by atoms with E-state index in [2.05, 4.69) is 54.9 Å². The molecule has 0 radical (unpaired) electrons. The van der Waals surface area contributed by atoms with E-state index in [0.29, 0.717) is 11.3 Å². The van der Waals surface area contributed by atoms with E-state index in [1.165, 1.54) is 24.0 Å². The average molecular weight is 297 g/mol. The number of hydrogen-bond acceptors (Lipinski definition) is 1. The zero-order chi connectivity index (χ0) is 12.5. The Kier molecular flexibility index (Phi) is 3.82. The largest absolute Gasteiger partial charge is 0.493 e. The Morgan fingerprint density at radius 3 is 2.59 bits per heavy atom. The summed E-state index contributed by atoms with van der Waals surface area (Å²) in [5.74, 6) is 1.59. The molecule has 1 aliphatic rings. The summed E-state index contributed by atoms with van der Waals surface area (Å²) in [6.45, 7) is 7.40. The molecule has 0 N–H and O–H groups in total. The van der Waals surface area contributed by atoms with Gasteiger partial charge in [0.1, 0.15) is 5.75 Å². The van der Waals surface area contributed by atoms with Gasteiger partial charge in [0.25, 0.3) is 0 Å². The summed E-state index contributed by atoms with van der Waals surface area (Å²) in [4.78, 5) is 0. The molecule has 2 rings (SSSR count). The lowest BCUT2D eigenvalue weighted by atomic mass is 10.0. The van der Waals surface area contributed by atoms with E-state index >= 15 is 0 Å². The number of benzene rings is 1. The highest BCUT2D eigenvalue weighted by Crippen LogP contribution is 2.47. The van der Waals surface area contributed by atoms with Gasteiger partial charge in [-0.1, -0.05) is 41.9 Å². The summed E-state index contributed by atoms with van der Waals surface area (Å²) in [6.07, 6.45) is 2.59. The molecule has 0 aromatic heterocycles. The fraction of sp³-hybridized carbons (Fsp3) is 0.600. The molecule has 0 aliphatic heterocycles. The number of alkyl halides is 1. The Balaban J connectivity index is 2.11. The van der Waals surface area contributed by atoms with Crippen LogP contribution in [-0.4, -0.2) is 11.9 Å². The summed E-state index contributed by atoms with van der Waals surface area (Å²) >= 11 is 3.59. The van der Waals surface area contributed by atoms with Crippen LogP contribution >= 0.6 is 15.9 Å². The Morgan fingerprint density at radius 2 is 2.06 bits per heavy atom.